The van der Waals surface area contributed by atoms with Crippen LogP contribution in [0.5, 0.6) is 5.75 Å². The number of halogens is 3. The third kappa shape index (κ3) is 28.3. The quantitative estimate of drug-likeness (QED) is 0.0325. The summed E-state index contributed by atoms with van der Waals surface area (Å²) in [4.78, 5) is 198. The third-order valence-electron chi connectivity index (χ3n) is 13.2. The Labute approximate surface area is 530 Å². The number of nitrogens with zero attached hydrogens (tertiary/aromatic N) is 1. The lowest BCUT2D eigenvalue weighted by atomic mass is 10.0. The molecule has 2 aliphatic heterocycles. The van der Waals surface area contributed by atoms with Gasteiger partial charge in [0.1, 0.15) is 54.1 Å². The highest BCUT2D eigenvalue weighted by molar-refractivity contribution is 8.76. The average molecular weight is 1340 g/mol. The second kappa shape index (κ2) is 39.1. The highest BCUT2D eigenvalue weighted by atomic mass is 33.1. The van der Waals surface area contributed by atoms with E-state index >= 15 is 0 Å². The number of benzene rings is 2. The number of alkyl halides is 3. The molecule has 0 unspecified atom stereocenters. The van der Waals surface area contributed by atoms with Crippen LogP contribution in [0.4, 0.5) is 13.2 Å². The fraction of sp³-hybridized carbons (Fsp3) is 0.500. The smallest absolute Gasteiger partial charge is 0.490 e. The van der Waals surface area contributed by atoms with E-state index in [4.69, 9.17) is 32.8 Å². The monoisotopic (exact) mass is 1340 g/mol. The molecule has 0 aromatic heterocycles. The predicted molar refractivity (Wildman–Crippen MR) is 320 cm³/mol. The lowest BCUT2D eigenvalue weighted by molar-refractivity contribution is -0.192. The van der Waals surface area contributed by atoms with Gasteiger partial charge in [-0.25, -0.2) is 4.79 Å². The highest BCUT2D eigenvalue weighted by Crippen LogP contribution is 2.26. The number of nitrogens with one attached hydrogen (secondary N) is 10. The van der Waals surface area contributed by atoms with Crippen molar-refractivity contribution < 1.29 is 100 Å². The van der Waals surface area contributed by atoms with Crippen molar-refractivity contribution in [2.75, 3.05) is 50.8 Å². The second-order valence-corrected chi connectivity index (χ2v) is 23.0. The first-order chi connectivity index (χ1) is 43.4. The van der Waals surface area contributed by atoms with Gasteiger partial charge in [-0.2, -0.15) is 13.2 Å². The van der Waals surface area contributed by atoms with Crippen LogP contribution in [0.15, 0.2) is 54.6 Å². The Bertz CT molecular complexity index is 2960. The van der Waals surface area contributed by atoms with E-state index in [1.165, 1.54) is 24.3 Å². The molecule has 38 heteroatoms. The van der Waals surface area contributed by atoms with Gasteiger partial charge in [0.2, 0.25) is 76.8 Å². The zero-order valence-electron chi connectivity index (χ0n) is 49.2. The first-order valence-corrected chi connectivity index (χ1v) is 30.7. The first kappa shape index (κ1) is 76.9. The van der Waals surface area contributed by atoms with Crippen molar-refractivity contribution in [1.29, 1.82) is 0 Å². The summed E-state index contributed by atoms with van der Waals surface area (Å²) in [5, 5.41) is 51.7. The number of unbranched alkanes of at least 4 members (excludes halogenated alkanes) is 1. The van der Waals surface area contributed by atoms with Crippen LogP contribution in [0.3, 0.4) is 0 Å². The largest absolute Gasteiger partial charge is 0.508 e. The molecule has 2 aromatic carbocycles. The number of hydrogen-bond acceptors (Lipinski definition) is 20. The number of carboxylic acids is 2. The standard InChI is InChI=1S/C52H73N15O16S2.C2HF3O2/c53-17-5-4-9-31(45(76)59-23-40(56)70)62-51(82)38-10-6-18-67(38)52(83)37-27-85-84-26-36(60-43(73)25-58-42(72)24-57-41(71)22-54)50(81)64-34(20-29-11-13-30(68)14-12-29)48(79)63-33(19-28-7-2-1-3-8-28)47(78)61-32(15-16-39(55)69)46(77)65-35(21-44(74)75)49(80)66-37;3-2(4,5)1(6)7/h1-3,7-8,11-14,31-38,68H,4-6,9-10,15-27,53-54H2,(H2,55,69)(H2,56,70)(H,57,71)(H,58,72)(H,59,76)(H,60,73)(H,61,78)(H,62,82)(H,63,79)(H,64,81)(H,65,77)(H,66,80)(H,74,75);(H,6,7)/t31-,32-,33-,34-,35-,36-,37-,38-;/m0./s1. The van der Waals surface area contributed by atoms with Crippen molar-refractivity contribution in [3.63, 3.8) is 0 Å². The van der Waals surface area contributed by atoms with E-state index in [0.29, 0.717) is 24.0 Å². The lowest BCUT2D eigenvalue weighted by Gasteiger charge is -2.31. The number of primary amides is 2. The number of phenols is 1. The summed E-state index contributed by atoms with van der Waals surface area (Å²) in [6.07, 6.45) is -6.58. The molecule has 0 aliphatic carbocycles. The van der Waals surface area contributed by atoms with E-state index in [9.17, 15) is 90.5 Å². The van der Waals surface area contributed by atoms with Crippen LogP contribution < -0.4 is 76.1 Å². The number of amides is 13. The Morgan fingerprint density at radius 2 is 1.20 bits per heavy atom. The van der Waals surface area contributed by atoms with Gasteiger partial charge in [0, 0.05) is 37.3 Å². The number of hydrogen-bond donors (Lipinski definition) is 17. The Morgan fingerprint density at radius 3 is 1.77 bits per heavy atom. The molecule has 0 radical (unpaired) electrons. The predicted octanol–water partition coefficient (Wildman–Crippen LogP) is -5.75. The molecule has 2 aromatic rings. The van der Waals surface area contributed by atoms with Crippen LogP contribution in [-0.4, -0.2) is 214 Å². The first-order valence-electron chi connectivity index (χ1n) is 28.2. The van der Waals surface area contributed by atoms with Crippen molar-refractivity contribution in [1.82, 2.24) is 58.1 Å². The highest BCUT2D eigenvalue weighted by Gasteiger charge is 2.41. The zero-order valence-corrected chi connectivity index (χ0v) is 50.8. The number of likely N-dealkylation sites (tertiary alicyclic amines) is 1. The van der Waals surface area contributed by atoms with Crippen LogP contribution in [-0.2, 0) is 84.8 Å². The molecule has 2 heterocycles. The topological polar surface area (TPSA) is 544 Å². The van der Waals surface area contributed by atoms with Gasteiger partial charge in [0.05, 0.1) is 32.6 Å². The molecule has 4 rings (SSSR count). The van der Waals surface area contributed by atoms with Crippen molar-refractivity contribution >= 4 is 110 Å². The van der Waals surface area contributed by atoms with E-state index in [-0.39, 0.29) is 56.7 Å². The number of carboxylic acid groups (broad SMARTS) is 2. The maximum atomic E-state index is 14.8. The summed E-state index contributed by atoms with van der Waals surface area (Å²) in [6, 6.07) is 1.11. The number of aliphatic carboxylic acids is 2. The number of carbonyl (C=O) groups excluding carboxylic acids is 13. The fourth-order valence-corrected chi connectivity index (χ4v) is 10.9. The SMILES string of the molecule is NCCCC[C@H](NC(=O)[C@@H]1CCCN1C(=O)[C@@H]1CSSC[C@H](NC(=O)CNC(=O)CNC(=O)CN)C(=O)N[C@@H](Cc2ccc(O)cc2)C(=O)N[C@@H](Cc2ccccc2)C(=O)N[C@@H](CCC(N)=O)C(=O)N[C@@H](CC(=O)O)C(=O)N1)C(=O)NCC(N)=O.O=C(O)C(F)(F)F. The second-order valence-electron chi connectivity index (χ2n) is 20.4. The summed E-state index contributed by atoms with van der Waals surface area (Å²) >= 11 is 0. The average Bonchev–Trinajstić information content (AvgIpc) is 1.57. The van der Waals surface area contributed by atoms with Crippen LogP contribution in [0, 0.1) is 0 Å². The summed E-state index contributed by atoms with van der Waals surface area (Å²) < 4.78 is 31.7. The van der Waals surface area contributed by atoms with Gasteiger partial charge in [0.25, 0.3) is 0 Å². The molecular weight excluding hydrogens is 1270 g/mol. The van der Waals surface area contributed by atoms with Gasteiger partial charge >= 0.3 is 18.1 Å². The van der Waals surface area contributed by atoms with E-state index in [1.807, 2.05) is 0 Å². The van der Waals surface area contributed by atoms with E-state index in [0.717, 1.165) is 26.5 Å². The van der Waals surface area contributed by atoms with Gasteiger partial charge in [-0.1, -0.05) is 64.1 Å². The zero-order chi connectivity index (χ0) is 68.7. The van der Waals surface area contributed by atoms with Gasteiger partial charge in [-0.15, -0.1) is 0 Å². The molecule has 506 valence electrons. The van der Waals surface area contributed by atoms with Crippen molar-refractivity contribution in [2.45, 2.75) is 119 Å². The van der Waals surface area contributed by atoms with Crippen LogP contribution >= 0.6 is 21.6 Å². The third-order valence-corrected chi connectivity index (χ3v) is 15.7. The molecule has 2 fully saturated rings. The summed E-state index contributed by atoms with van der Waals surface area (Å²) in [6.45, 7) is -2.07. The molecule has 0 saturated carbocycles. The number of rotatable bonds is 25. The van der Waals surface area contributed by atoms with Crippen LogP contribution in [0.2, 0.25) is 0 Å². The van der Waals surface area contributed by atoms with Gasteiger partial charge < -0.3 is 96.3 Å². The van der Waals surface area contributed by atoms with E-state index in [2.05, 4.69) is 53.2 Å². The number of carbonyl (C=O) groups is 15. The van der Waals surface area contributed by atoms with Gasteiger partial charge in [0.15, 0.2) is 0 Å². The maximum Gasteiger partial charge on any atom is 0.490 e. The van der Waals surface area contributed by atoms with Crippen LogP contribution in [0.25, 0.3) is 0 Å². The molecule has 2 aliphatic rings. The molecule has 0 spiro atoms. The molecule has 0 bridgehead atoms. The summed E-state index contributed by atoms with van der Waals surface area (Å²) in [5.74, 6) is -17.4. The van der Waals surface area contributed by atoms with E-state index in [1.54, 1.807) is 30.3 Å². The Morgan fingerprint density at radius 1 is 0.652 bits per heavy atom. The fourth-order valence-electron chi connectivity index (χ4n) is 8.59. The minimum absolute atomic E-state index is 0.0614. The van der Waals surface area contributed by atoms with Crippen molar-refractivity contribution in [3.05, 3.63) is 65.7 Å². The Balaban J connectivity index is 0.00000297. The van der Waals surface area contributed by atoms with Crippen LogP contribution in [0.1, 0.15) is 62.5 Å². The molecule has 33 nitrogen and oxygen atoms in total. The van der Waals surface area contributed by atoms with Crippen molar-refractivity contribution in [3.8, 4) is 5.75 Å². The van der Waals surface area contributed by atoms with E-state index < -0.39 is 194 Å². The normalized spacial score (nSPS) is 20.4. The number of aromatic hydroxyl groups is 1. The Kier molecular flexibility index (Phi) is 32.7. The lowest BCUT2D eigenvalue weighted by Crippen LogP contribution is -2.61. The molecule has 8 atom stereocenters. The minimum atomic E-state index is -5.08. The molecular formula is C54H74F3N15O18S2. The summed E-state index contributed by atoms with van der Waals surface area (Å²) in [7, 11) is 1.69. The number of nitrogens with two attached hydrogens (primary N) is 4. The molecule has 21 N–H and O–H groups in total. The minimum Gasteiger partial charge on any atom is -0.508 e. The van der Waals surface area contributed by atoms with Gasteiger partial charge in [-0.3, -0.25) is 67.1 Å². The molecule has 13 amide bonds. The van der Waals surface area contributed by atoms with Crippen molar-refractivity contribution in [2.24, 2.45) is 22.9 Å². The summed E-state index contributed by atoms with van der Waals surface area (Å²) in [5.41, 5.74) is 22.5. The Hall–Kier alpha value is -9.30. The van der Waals surface area contributed by atoms with Gasteiger partial charge in [-0.05, 0) is 68.3 Å². The maximum absolute atomic E-state index is 14.8. The number of phenolic OH excluding ortho intramolecular Hbond substituents is 1. The molecule has 2 saturated heterocycles. The molecule has 92 heavy (non-hydrogen) atoms.